The number of benzene rings is 1. The Bertz CT molecular complexity index is 477. The molecule has 1 aromatic carbocycles. The lowest BCUT2D eigenvalue weighted by molar-refractivity contribution is -0.137. The molecule has 1 N–H and O–H groups in total. The van der Waals surface area contributed by atoms with Crippen LogP contribution in [0.15, 0.2) is 22.7 Å². The molecule has 0 aliphatic carbocycles. The fourth-order valence-corrected chi connectivity index (χ4v) is 2.73. The van der Waals surface area contributed by atoms with Gasteiger partial charge in [0, 0.05) is 16.3 Å². The summed E-state index contributed by atoms with van der Waals surface area (Å²) in [6.45, 7) is 2.38. The molecular weight excluding hydrogens is 403 g/mol. The van der Waals surface area contributed by atoms with Crippen molar-refractivity contribution in [1.29, 1.82) is 0 Å². The number of rotatable bonds is 5. The molecule has 0 aromatic heterocycles. The van der Waals surface area contributed by atoms with Gasteiger partial charge in [0.25, 0.3) is 5.91 Å². The largest absolute Gasteiger partial charge is 0.416 e. The van der Waals surface area contributed by atoms with E-state index in [1.54, 1.807) is 0 Å². The second-order valence-corrected chi connectivity index (χ2v) is 6.13. The Morgan fingerprint density at radius 2 is 2.05 bits per heavy atom. The molecule has 7 heteroatoms. The third-order valence-corrected chi connectivity index (χ3v) is 3.90. The van der Waals surface area contributed by atoms with E-state index in [1.165, 1.54) is 6.07 Å². The maximum absolute atomic E-state index is 12.6. The smallest absolute Gasteiger partial charge is 0.352 e. The molecule has 1 amide bonds. The van der Waals surface area contributed by atoms with Gasteiger partial charge in [0.05, 0.1) is 11.1 Å². The van der Waals surface area contributed by atoms with Crippen LogP contribution < -0.4 is 5.32 Å². The summed E-state index contributed by atoms with van der Waals surface area (Å²) in [5, 5.41) is 3.46. The summed E-state index contributed by atoms with van der Waals surface area (Å²) in [7, 11) is 0. The fourth-order valence-electron chi connectivity index (χ4n) is 1.53. The topological polar surface area (TPSA) is 29.1 Å². The summed E-state index contributed by atoms with van der Waals surface area (Å²) in [6.07, 6.45) is -3.58. The van der Waals surface area contributed by atoms with Crippen molar-refractivity contribution in [1.82, 2.24) is 5.32 Å². The number of carbonyl (C=O) groups is 1. The number of nitrogens with one attached hydrogen (secondary N) is 1. The number of hydrogen-bond acceptors (Lipinski definition) is 1. The van der Waals surface area contributed by atoms with Crippen LogP contribution in [0, 0.1) is 5.92 Å². The van der Waals surface area contributed by atoms with Crippen molar-refractivity contribution in [3.8, 4) is 0 Å². The Hall–Kier alpha value is -0.560. The van der Waals surface area contributed by atoms with E-state index in [-0.39, 0.29) is 11.5 Å². The summed E-state index contributed by atoms with van der Waals surface area (Å²) in [5.41, 5.74) is -0.842. The third-order valence-electron chi connectivity index (χ3n) is 2.75. The van der Waals surface area contributed by atoms with Crippen molar-refractivity contribution in [3.05, 3.63) is 33.8 Å². The molecule has 0 spiro atoms. The monoisotopic (exact) mass is 415 g/mol. The van der Waals surface area contributed by atoms with E-state index in [0.717, 1.165) is 23.9 Å². The molecule has 0 bridgehead atoms. The van der Waals surface area contributed by atoms with Gasteiger partial charge in [-0.15, -0.1) is 0 Å². The Morgan fingerprint density at radius 1 is 1.40 bits per heavy atom. The van der Waals surface area contributed by atoms with Crippen molar-refractivity contribution < 1.29 is 18.0 Å². The summed E-state index contributed by atoms with van der Waals surface area (Å²) >= 11 is 6.40. The molecule has 0 aliphatic rings. The molecule has 2 nitrogen and oxygen atoms in total. The first-order valence-electron chi connectivity index (χ1n) is 5.96. The SMILES string of the molecule is CC(CCBr)CNC(=O)c1cc(C(F)(F)F)ccc1Br. The molecule has 20 heavy (non-hydrogen) atoms. The van der Waals surface area contributed by atoms with Crippen LogP contribution in [-0.2, 0) is 6.18 Å². The van der Waals surface area contributed by atoms with Gasteiger partial charge in [0.2, 0.25) is 0 Å². The standard InChI is InChI=1S/C13H14Br2F3NO/c1-8(4-5-14)7-19-12(20)10-6-9(13(16,17)18)2-3-11(10)15/h2-3,6,8H,4-5,7H2,1H3,(H,19,20). The van der Waals surface area contributed by atoms with Gasteiger partial charge in [-0.2, -0.15) is 13.2 Å². The molecule has 0 saturated carbocycles. The molecule has 0 radical (unpaired) electrons. The predicted molar refractivity (Wildman–Crippen MR) is 79.1 cm³/mol. The van der Waals surface area contributed by atoms with Crippen molar-refractivity contribution >= 4 is 37.8 Å². The normalized spacial score (nSPS) is 13.1. The van der Waals surface area contributed by atoms with Gasteiger partial charge < -0.3 is 5.32 Å². The van der Waals surface area contributed by atoms with Gasteiger partial charge in [0.15, 0.2) is 0 Å². The van der Waals surface area contributed by atoms with Crippen LogP contribution >= 0.6 is 31.9 Å². The molecule has 1 atom stereocenters. The molecule has 0 saturated heterocycles. The lowest BCUT2D eigenvalue weighted by atomic mass is 10.1. The van der Waals surface area contributed by atoms with Crippen molar-refractivity contribution in [3.63, 3.8) is 0 Å². The van der Waals surface area contributed by atoms with E-state index < -0.39 is 17.6 Å². The van der Waals surface area contributed by atoms with E-state index in [2.05, 4.69) is 37.2 Å². The van der Waals surface area contributed by atoms with E-state index in [9.17, 15) is 18.0 Å². The molecule has 0 fully saturated rings. The van der Waals surface area contributed by atoms with Crippen molar-refractivity contribution in [2.75, 3.05) is 11.9 Å². The minimum Gasteiger partial charge on any atom is -0.352 e. The number of amides is 1. The molecule has 1 aromatic rings. The average molecular weight is 417 g/mol. The maximum Gasteiger partial charge on any atom is 0.416 e. The first kappa shape index (κ1) is 17.5. The van der Waals surface area contributed by atoms with Crippen LogP contribution in [0.5, 0.6) is 0 Å². The average Bonchev–Trinajstić information content (AvgIpc) is 2.35. The van der Waals surface area contributed by atoms with Crippen LogP contribution in [0.25, 0.3) is 0 Å². The summed E-state index contributed by atoms with van der Waals surface area (Å²) in [6, 6.07) is 3.03. The highest BCUT2D eigenvalue weighted by Crippen LogP contribution is 2.31. The second kappa shape index (κ2) is 7.45. The Balaban J connectivity index is 2.82. The highest BCUT2D eigenvalue weighted by atomic mass is 79.9. The first-order valence-corrected chi connectivity index (χ1v) is 7.88. The van der Waals surface area contributed by atoms with Gasteiger partial charge in [-0.3, -0.25) is 4.79 Å². The minimum atomic E-state index is -4.46. The fraction of sp³-hybridized carbons (Fsp3) is 0.462. The number of alkyl halides is 4. The van der Waals surface area contributed by atoms with Gasteiger partial charge in [-0.05, 0) is 46.5 Å². The van der Waals surface area contributed by atoms with Gasteiger partial charge in [0.1, 0.15) is 0 Å². The number of hydrogen-bond donors (Lipinski definition) is 1. The summed E-state index contributed by atoms with van der Waals surface area (Å²) < 4.78 is 38.2. The Kier molecular flexibility index (Phi) is 6.51. The van der Waals surface area contributed by atoms with Crippen LogP contribution in [0.3, 0.4) is 0 Å². The highest BCUT2D eigenvalue weighted by molar-refractivity contribution is 9.10. The third kappa shape index (κ3) is 5.09. The van der Waals surface area contributed by atoms with Crippen LogP contribution in [-0.4, -0.2) is 17.8 Å². The zero-order chi connectivity index (χ0) is 15.3. The zero-order valence-corrected chi connectivity index (χ0v) is 13.9. The van der Waals surface area contributed by atoms with Gasteiger partial charge in [-0.25, -0.2) is 0 Å². The molecule has 1 rings (SSSR count). The van der Waals surface area contributed by atoms with Crippen molar-refractivity contribution in [2.45, 2.75) is 19.5 Å². The lowest BCUT2D eigenvalue weighted by Crippen LogP contribution is -2.29. The highest BCUT2D eigenvalue weighted by Gasteiger charge is 2.31. The quantitative estimate of drug-likeness (QED) is 0.697. The van der Waals surface area contributed by atoms with E-state index in [0.29, 0.717) is 11.0 Å². The van der Waals surface area contributed by atoms with Gasteiger partial charge >= 0.3 is 6.18 Å². The number of halogens is 5. The molecule has 1 unspecified atom stereocenters. The summed E-state index contributed by atoms with van der Waals surface area (Å²) in [5.74, 6) is -0.257. The molecule has 0 aliphatic heterocycles. The van der Waals surface area contributed by atoms with Crippen molar-refractivity contribution in [2.24, 2.45) is 5.92 Å². The zero-order valence-electron chi connectivity index (χ0n) is 10.7. The predicted octanol–water partition coefficient (Wildman–Crippen LogP) is 4.62. The molecular formula is C13H14Br2F3NO. The Labute approximate surface area is 132 Å². The van der Waals surface area contributed by atoms with E-state index in [1.807, 2.05) is 6.92 Å². The summed E-state index contributed by atoms with van der Waals surface area (Å²) in [4.78, 5) is 11.9. The maximum atomic E-state index is 12.6. The van der Waals surface area contributed by atoms with Crippen LogP contribution in [0.4, 0.5) is 13.2 Å². The van der Waals surface area contributed by atoms with Gasteiger partial charge in [-0.1, -0.05) is 22.9 Å². The van der Waals surface area contributed by atoms with E-state index in [4.69, 9.17) is 0 Å². The second-order valence-electron chi connectivity index (χ2n) is 4.49. The van der Waals surface area contributed by atoms with Crippen LogP contribution in [0.1, 0.15) is 29.3 Å². The first-order chi connectivity index (χ1) is 9.25. The number of carbonyl (C=O) groups excluding carboxylic acids is 1. The lowest BCUT2D eigenvalue weighted by Gasteiger charge is -2.13. The minimum absolute atomic E-state index is 0.00846. The van der Waals surface area contributed by atoms with Crippen LogP contribution in [0.2, 0.25) is 0 Å². The Morgan fingerprint density at radius 3 is 2.60 bits per heavy atom. The van der Waals surface area contributed by atoms with E-state index >= 15 is 0 Å². The molecule has 112 valence electrons. The molecule has 0 heterocycles.